The van der Waals surface area contributed by atoms with Crippen LogP contribution in [0.25, 0.3) is 16.8 Å². The molecule has 10 heteroatoms. The fourth-order valence-electron chi connectivity index (χ4n) is 4.73. The molecule has 4 heterocycles. The first kappa shape index (κ1) is 25.1. The van der Waals surface area contributed by atoms with Crippen LogP contribution in [0.1, 0.15) is 41.5 Å². The molecule has 1 fully saturated rings. The lowest BCUT2D eigenvalue weighted by Gasteiger charge is -2.34. The Morgan fingerprint density at radius 2 is 1.97 bits per heavy atom. The van der Waals surface area contributed by atoms with Crippen LogP contribution in [0.3, 0.4) is 0 Å². The highest BCUT2D eigenvalue weighted by molar-refractivity contribution is 6.04. The molecule has 2 amide bonds. The van der Waals surface area contributed by atoms with Gasteiger partial charge in [0.25, 0.3) is 5.91 Å². The lowest BCUT2D eigenvalue weighted by molar-refractivity contribution is -0.130. The number of methoxy groups -OCH3 is 1. The van der Waals surface area contributed by atoms with Crippen molar-refractivity contribution in [1.82, 2.24) is 24.3 Å². The number of pyridine rings is 1. The number of piperidine rings is 1. The fourth-order valence-corrected chi connectivity index (χ4v) is 4.73. The standard InChI is InChI=1S/C28H29N7O3/c1-38-18-6-9-23(36)34-16-5-3-7-21(34)27-33-24(25-26(29)31-15-17-35(25)27)19-10-12-20(13-11-19)28(37)32-22-8-2-4-14-30-22/h2,4,6,8-15,17,21H,3,5,7,16,18H2,1H3,(H2,29,31)(H,30,32,37)/t21-/m0/s1. The summed E-state index contributed by atoms with van der Waals surface area (Å²) in [7, 11) is 1.59. The second kappa shape index (κ2) is 11.2. The highest BCUT2D eigenvalue weighted by Gasteiger charge is 2.31. The summed E-state index contributed by atoms with van der Waals surface area (Å²) in [5.41, 5.74) is 8.92. The molecule has 3 N–H and O–H groups in total. The first-order valence-corrected chi connectivity index (χ1v) is 12.5. The van der Waals surface area contributed by atoms with Crippen LogP contribution >= 0.6 is 0 Å². The maximum Gasteiger partial charge on any atom is 0.256 e. The Bertz CT molecular complexity index is 1470. The molecule has 1 saturated heterocycles. The Balaban J connectivity index is 1.48. The van der Waals surface area contributed by atoms with Crippen molar-refractivity contribution in [3.05, 3.63) is 84.6 Å². The van der Waals surface area contributed by atoms with Crippen LogP contribution in [-0.2, 0) is 9.53 Å². The van der Waals surface area contributed by atoms with Crippen LogP contribution in [0.2, 0.25) is 0 Å². The van der Waals surface area contributed by atoms with Crippen LogP contribution in [-0.4, -0.2) is 56.3 Å². The summed E-state index contributed by atoms with van der Waals surface area (Å²) < 4.78 is 6.97. The smallest absolute Gasteiger partial charge is 0.256 e. The number of nitrogens with one attached hydrogen (secondary N) is 1. The number of nitrogen functional groups attached to an aromatic ring is 1. The van der Waals surface area contributed by atoms with Crippen LogP contribution in [0, 0.1) is 0 Å². The van der Waals surface area contributed by atoms with Crippen molar-refractivity contribution >= 4 is 29.0 Å². The molecule has 0 radical (unpaired) electrons. The molecular weight excluding hydrogens is 482 g/mol. The number of nitrogens with zero attached hydrogens (tertiary/aromatic N) is 5. The first-order chi connectivity index (χ1) is 18.6. The molecule has 10 nitrogen and oxygen atoms in total. The van der Waals surface area contributed by atoms with E-state index in [-0.39, 0.29) is 17.9 Å². The highest BCUT2D eigenvalue weighted by atomic mass is 16.5. The number of ether oxygens (including phenoxy) is 1. The third-order valence-corrected chi connectivity index (χ3v) is 6.54. The molecule has 1 atom stereocenters. The molecule has 1 aromatic carbocycles. The van der Waals surface area contributed by atoms with Gasteiger partial charge < -0.3 is 20.7 Å². The fraction of sp³-hybridized carbons (Fsp3) is 0.250. The minimum absolute atomic E-state index is 0.0738. The summed E-state index contributed by atoms with van der Waals surface area (Å²) in [4.78, 5) is 41.0. The molecule has 0 aliphatic carbocycles. The summed E-state index contributed by atoms with van der Waals surface area (Å²) >= 11 is 0. The van der Waals surface area contributed by atoms with Gasteiger partial charge in [0, 0.05) is 49.4 Å². The van der Waals surface area contributed by atoms with Crippen molar-refractivity contribution in [2.45, 2.75) is 25.3 Å². The Morgan fingerprint density at radius 3 is 2.74 bits per heavy atom. The van der Waals surface area contributed by atoms with E-state index in [0.717, 1.165) is 30.7 Å². The third-order valence-electron chi connectivity index (χ3n) is 6.54. The molecule has 1 aliphatic rings. The van der Waals surface area contributed by atoms with Crippen molar-refractivity contribution < 1.29 is 14.3 Å². The minimum Gasteiger partial charge on any atom is -0.382 e. The van der Waals surface area contributed by atoms with E-state index in [1.54, 1.807) is 55.9 Å². The van der Waals surface area contributed by atoms with Gasteiger partial charge in [0.1, 0.15) is 28.7 Å². The van der Waals surface area contributed by atoms with Gasteiger partial charge in [-0.15, -0.1) is 0 Å². The van der Waals surface area contributed by atoms with E-state index in [4.69, 9.17) is 15.5 Å². The Morgan fingerprint density at radius 1 is 1.13 bits per heavy atom. The molecule has 0 bridgehead atoms. The Labute approximate surface area is 220 Å². The van der Waals surface area contributed by atoms with Gasteiger partial charge in [-0.3, -0.25) is 14.0 Å². The quantitative estimate of drug-likeness (QED) is 0.360. The van der Waals surface area contributed by atoms with Crippen molar-refractivity contribution in [1.29, 1.82) is 0 Å². The molecular formula is C28H29N7O3. The number of aromatic nitrogens is 4. The zero-order valence-electron chi connectivity index (χ0n) is 21.1. The predicted octanol–water partition coefficient (Wildman–Crippen LogP) is 3.88. The van der Waals surface area contributed by atoms with Crippen molar-refractivity contribution in [3.63, 3.8) is 0 Å². The molecule has 194 valence electrons. The van der Waals surface area contributed by atoms with E-state index in [2.05, 4.69) is 15.3 Å². The summed E-state index contributed by atoms with van der Waals surface area (Å²) in [5, 5.41) is 2.79. The number of hydrogen-bond acceptors (Lipinski definition) is 7. The second-order valence-corrected chi connectivity index (χ2v) is 9.00. The Hall–Kier alpha value is -4.57. The highest BCUT2D eigenvalue weighted by Crippen LogP contribution is 2.36. The van der Waals surface area contributed by atoms with Gasteiger partial charge in [0.15, 0.2) is 0 Å². The van der Waals surface area contributed by atoms with E-state index < -0.39 is 0 Å². The number of carbonyl (C=O) groups is 2. The van der Waals surface area contributed by atoms with Gasteiger partial charge in [0.2, 0.25) is 5.91 Å². The summed E-state index contributed by atoms with van der Waals surface area (Å²) in [6, 6.07) is 12.3. The topological polar surface area (TPSA) is 128 Å². The number of likely N-dealkylation sites (tertiary alicyclic amines) is 1. The van der Waals surface area contributed by atoms with E-state index in [1.165, 1.54) is 0 Å². The normalized spacial score (nSPS) is 15.7. The van der Waals surface area contributed by atoms with Gasteiger partial charge >= 0.3 is 0 Å². The first-order valence-electron chi connectivity index (χ1n) is 12.5. The number of hydrogen-bond donors (Lipinski definition) is 2. The maximum absolute atomic E-state index is 13.0. The number of anilines is 2. The van der Waals surface area contributed by atoms with Crippen molar-refractivity contribution in [2.24, 2.45) is 0 Å². The van der Waals surface area contributed by atoms with Crippen LogP contribution in [0.5, 0.6) is 0 Å². The molecule has 1 aliphatic heterocycles. The number of nitrogens with two attached hydrogens (primary N) is 1. The zero-order chi connectivity index (χ0) is 26.5. The van der Waals surface area contributed by atoms with E-state index in [1.807, 2.05) is 33.7 Å². The van der Waals surface area contributed by atoms with Gasteiger partial charge in [-0.05, 0) is 43.5 Å². The molecule has 4 aromatic rings. The maximum atomic E-state index is 13.0. The molecule has 0 unspecified atom stereocenters. The number of benzene rings is 1. The molecule has 0 saturated carbocycles. The summed E-state index contributed by atoms with van der Waals surface area (Å²) in [6.45, 7) is 1.02. The van der Waals surface area contributed by atoms with Crippen LogP contribution < -0.4 is 11.1 Å². The Kier molecular flexibility index (Phi) is 7.41. The lowest BCUT2D eigenvalue weighted by atomic mass is 10.0. The second-order valence-electron chi connectivity index (χ2n) is 9.00. The average Bonchev–Trinajstić information content (AvgIpc) is 3.34. The van der Waals surface area contributed by atoms with E-state index in [9.17, 15) is 9.59 Å². The SMILES string of the molecule is COCC=CC(=O)N1CCCC[C@H]1c1nc(-c2ccc(C(=O)Nc3ccccn3)cc2)c2c(N)nccn12. The monoisotopic (exact) mass is 511 g/mol. The van der Waals surface area contributed by atoms with Gasteiger partial charge in [-0.2, -0.15) is 0 Å². The third kappa shape index (κ3) is 5.12. The molecule has 3 aromatic heterocycles. The lowest BCUT2D eigenvalue weighted by Crippen LogP contribution is -2.38. The van der Waals surface area contributed by atoms with Gasteiger partial charge in [-0.25, -0.2) is 15.0 Å². The zero-order valence-corrected chi connectivity index (χ0v) is 21.1. The van der Waals surface area contributed by atoms with Crippen molar-refractivity contribution in [3.8, 4) is 11.3 Å². The largest absolute Gasteiger partial charge is 0.382 e. The van der Waals surface area contributed by atoms with E-state index >= 15 is 0 Å². The average molecular weight is 512 g/mol. The number of rotatable bonds is 7. The number of imidazole rings is 1. The van der Waals surface area contributed by atoms with Crippen LogP contribution in [0.4, 0.5) is 11.6 Å². The van der Waals surface area contributed by atoms with Gasteiger partial charge in [-0.1, -0.05) is 24.3 Å². The number of fused-ring (bicyclic) bond motifs is 1. The summed E-state index contributed by atoms with van der Waals surface area (Å²) in [5.74, 6) is 1.22. The van der Waals surface area contributed by atoms with Gasteiger partial charge in [0.05, 0.1) is 12.6 Å². The predicted molar refractivity (Wildman–Crippen MR) is 144 cm³/mol. The van der Waals surface area contributed by atoms with E-state index in [0.29, 0.717) is 41.6 Å². The van der Waals surface area contributed by atoms with Crippen LogP contribution in [0.15, 0.2) is 73.2 Å². The number of amides is 2. The van der Waals surface area contributed by atoms with Crippen molar-refractivity contribution in [2.75, 3.05) is 31.3 Å². The molecule has 0 spiro atoms. The molecule has 38 heavy (non-hydrogen) atoms. The number of carbonyl (C=O) groups excluding carboxylic acids is 2. The molecule has 5 rings (SSSR count). The minimum atomic E-state index is -0.260. The summed E-state index contributed by atoms with van der Waals surface area (Å²) in [6.07, 6.45) is 11.1.